The fraction of sp³-hybridized carbons (Fsp3) is 0.105. The van der Waals surface area contributed by atoms with Crippen LogP contribution >= 0.6 is 11.6 Å². The molecule has 0 atom stereocenters. The standard InChI is InChI=1S/C19H14ClN3O/c20-16-4-2-1-3-13(16)8-18-21-10-15(11-22-18)12-5-6-17-14(7-12)9-19(24)23-17/h1-7,10-11H,8-9H2,(H,23,24). The number of amides is 1. The van der Waals surface area contributed by atoms with Crippen LogP contribution in [0.3, 0.4) is 0 Å². The molecule has 0 unspecified atom stereocenters. The second kappa shape index (κ2) is 6.06. The minimum atomic E-state index is 0.0356. The number of fused-ring (bicyclic) bond motifs is 1. The Morgan fingerprint density at radius 3 is 2.62 bits per heavy atom. The normalized spacial score (nSPS) is 12.8. The molecule has 0 fully saturated rings. The van der Waals surface area contributed by atoms with Gasteiger partial charge in [-0.05, 0) is 34.9 Å². The topological polar surface area (TPSA) is 54.9 Å². The number of nitrogens with zero attached hydrogens (tertiary/aromatic N) is 2. The third kappa shape index (κ3) is 2.88. The van der Waals surface area contributed by atoms with E-state index in [2.05, 4.69) is 15.3 Å². The van der Waals surface area contributed by atoms with Crippen LogP contribution in [-0.4, -0.2) is 15.9 Å². The highest BCUT2D eigenvalue weighted by Crippen LogP contribution is 2.28. The first-order valence-electron chi connectivity index (χ1n) is 7.66. The van der Waals surface area contributed by atoms with Crippen molar-refractivity contribution in [2.75, 3.05) is 5.32 Å². The number of nitrogens with one attached hydrogen (secondary N) is 1. The first-order valence-corrected chi connectivity index (χ1v) is 8.04. The molecule has 1 aromatic heterocycles. The van der Waals surface area contributed by atoms with Crippen LogP contribution < -0.4 is 5.32 Å². The largest absolute Gasteiger partial charge is 0.326 e. The number of carbonyl (C=O) groups is 1. The van der Waals surface area contributed by atoms with Gasteiger partial charge in [-0.3, -0.25) is 4.79 Å². The molecule has 0 saturated carbocycles. The number of carbonyl (C=O) groups excluding carboxylic acids is 1. The molecule has 24 heavy (non-hydrogen) atoms. The van der Waals surface area contributed by atoms with Crippen molar-refractivity contribution in [1.82, 2.24) is 9.97 Å². The van der Waals surface area contributed by atoms with E-state index in [1.807, 2.05) is 54.9 Å². The molecule has 1 amide bonds. The van der Waals surface area contributed by atoms with Gasteiger partial charge in [0.1, 0.15) is 5.82 Å². The van der Waals surface area contributed by atoms with Crippen molar-refractivity contribution >= 4 is 23.2 Å². The van der Waals surface area contributed by atoms with Gasteiger partial charge in [-0.25, -0.2) is 9.97 Å². The number of halogens is 1. The molecule has 0 saturated heterocycles. The van der Waals surface area contributed by atoms with Crippen LogP contribution in [0.5, 0.6) is 0 Å². The molecule has 0 bridgehead atoms. The van der Waals surface area contributed by atoms with E-state index in [0.29, 0.717) is 12.8 Å². The monoisotopic (exact) mass is 335 g/mol. The van der Waals surface area contributed by atoms with Crippen LogP contribution in [0.2, 0.25) is 5.02 Å². The lowest BCUT2D eigenvalue weighted by Crippen LogP contribution is -2.03. The molecule has 2 heterocycles. The van der Waals surface area contributed by atoms with E-state index >= 15 is 0 Å². The zero-order chi connectivity index (χ0) is 16.5. The maximum absolute atomic E-state index is 11.4. The van der Waals surface area contributed by atoms with E-state index in [4.69, 9.17) is 11.6 Å². The fourth-order valence-electron chi connectivity index (χ4n) is 2.82. The highest BCUT2D eigenvalue weighted by atomic mass is 35.5. The molecule has 4 nitrogen and oxygen atoms in total. The quantitative estimate of drug-likeness (QED) is 0.790. The van der Waals surface area contributed by atoms with Crippen molar-refractivity contribution in [2.24, 2.45) is 0 Å². The smallest absolute Gasteiger partial charge is 0.228 e. The average molecular weight is 336 g/mol. The Morgan fingerprint density at radius 2 is 1.83 bits per heavy atom. The zero-order valence-corrected chi connectivity index (χ0v) is 13.5. The maximum atomic E-state index is 11.4. The van der Waals surface area contributed by atoms with Gasteiger partial charge in [0, 0.05) is 35.1 Å². The van der Waals surface area contributed by atoms with Gasteiger partial charge in [0.05, 0.1) is 6.42 Å². The molecule has 0 spiro atoms. The number of anilines is 1. The lowest BCUT2D eigenvalue weighted by molar-refractivity contribution is -0.115. The van der Waals surface area contributed by atoms with Crippen LogP contribution in [0.1, 0.15) is 17.0 Å². The van der Waals surface area contributed by atoms with Crippen molar-refractivity contribution in [1.29, 1.82) is 0 Å². The number of hydrogen-bond donors (Lipinski definition) is 1. The van der Waals surface area contributed by atoms with Crippen LogP contribution in [-0.2, 0) is 17.6 Å². The highest BCUT2D eigenvalue weighted by Gasteiger charge is 2.17. The summed E-state index contributed by atoms with van der Waals surface area (Å²) in [5.41, 5.74) is 4.85. The Balaban J connectivity index is 1.57. The predicted octanol–water partition coefficient (Wildman–Crippen LogP) is 3.88. The number of hydrogen-bond acceptors (Lipinski definition) is 3. The molecule has 0 radical (unpaired) electrons. The van der Waals surface area contributed by atoms with E-state index < -0.39 is 0 Å². The average Bonchev–Trinajstić information content (AvgIpc) is 2.97. The Morgan fingerprint density at radius 1 is 1.04 bits per heavy atom. The second-order valence-corrected chi connectivity index (χ2v) is 6.16. The Hall–Kier alpha value is -2.72. The van der Waals surface area contributed by atoms with Gasteiger partial charge in [-0.2, -0.15) is 0 Å². The van der Waals surface area contributed by atoms with Gasteiger partial charge < -0.3 is 5.32 Å². The molecule has 1 aliphatic rings. The van der Waals surface area contributed by atoms with Crippen molar-refractivity contribution < 1.29 is 4.79 Å². The highest BCUT2D eigenvalue weighted by molar-refractivity contribution is 6.31. The fourth-order valence-corrected chi connectivity index (χ4v) is 3.02. The first kappa shape index (κ1) is 14.8. The predicted molar refractivity (Wildman–Crippen MR) is 94.1 cm³/mol. The SMILES string of the molecule is O=C1Cc2cc(-c3cnc(Cc4ccccc4Cl)nc3)ccc2N1. The summed E-state index contributed by atoms with van der Waals surface area (Å²) in [5, 5.41) is 3.56. The molecule has 2 aromatic carbocycles. The molecule has 3 aromatic rings. The molecule has 1 aliphatic heterocycles. The van der Waals surface area contributed by atoms with E-state index in [0.717, 1.165) is 38.8 Å². The minimum Gasteiger partial charge on any atom is -0.326 e. The minimum absolute atomic E-state index is 0.0356. The number of benzene rings is 2. The number of aromatic nitrogens is 2. The summed E-state index contributed by atoms with van der Waals surface area (Å²) in [4.78, 5) is 20.3. The van der Waals surface area contributed by atoms with Crippen LogP contribution in [0.4, 0.5) is 5.69 Å². The lowest BCUT2D eigenvalue weighted by atomic mass is 10.0. The summed E-state index contributed by atoms with van der Waals surface area (Å²) < 4.78 is 0. The van der Waals surface area contributed by atoms with Crippen LogP contribution in [0.15, 0.2) is 54.9 Å². The first-order chi connectivity index (χ1) is 11.7. The Labute approximate surface area is 144 Å². The molecular weight excluding hydrogens is 322 g/mol. The molecule has 5 heteroatoms. The summed E-state index contributed by atoms with van der Waals surface area (Å²) in [6.45, 7) is 0. The third-order valence-corrected chi connectivity index (χ3v) is 4.44. The van der Waals surface area contributed by atoms with Gasteiger partial charge >= 0.3 is 0 Å². The maximum Gasteiger partial charge on any atom is 0.228 e. The van der Waals surface area contributed by atoms with E-state index in [-0.39, 0.29) is 5.91 Å². The zero-order valence-electron chi connectivity index (χ0n) is 12.8. The second-order valence-electron chi connectivity index (χ2n) is 5.75. The van der Waals surface area contributed by atoms with Crippen molar-refractivity contribution in [2.45, 2.75) is 12.8 Å². The van der Waals surface area contributed by atoms with Crippen LogP contribution in [0, 0.1) is 0 Å². The molecular formula is C19H14ClN3O. The summed E-state index contributed by atoms with van der Waals surface area (Å²) in [6.07, 6.45) is 4.65. The summed E-state index contributed by atoms with van der Waals surface area (Å²) in [6, 6.07) is 13.6. The van der Waals surface area contributed by atoms with Gasteiger partial charge in [-0.15, -0.1) is 0 Å². The molecule has 1 N–H and O–H groups in total. The van der Waals surface area contributed by atoms with E-state index in [1.165, 1.54) is 0 Å². The third-order valence-electron chi connectivity index (χ3n) is 4.08. The number of rotatable bonds is 3. The van der Waals surface area contributed by atoms with E-state index in [1.54, 1.807) is 0 Å². The van der Waals surface area contributed by atoms with Gasteiger partial charge in [0.2, 0.25) is 5.91 Å². The summed E-state index contributed by atoms with van der Waals surface area (Å²) in [5.74, 6) is 0.762. The molecule has 118 valence electrons. The summed E-state index contributed by atoms with van der Waals surface area (Å²) in [7, 11) is 0. The van der Waals surface area contributed by atoms with Gasteiger partial charge in [0.15, 0.2) is 0 Å². The molecule has 0 aliphatic carbocycles. The van der Waals surface area contributed by atoms with E-state index in [9.17, 15) is 4.79 Å². The van der Waals surface area contributed by atoms with Crippen molar-refractivity contribution in [3.63, 3.8) is 0 Å². The summed E-state index contributed by atoms with van der Waals surface area (Å²) >= 11 is 6.18. The Bertz CT molecular complexity index is 922. The Kier molecular flexibility index (Phi) is 3.75. The lowest BCUT2D eigenvalue weighted by Gasteiger charge is -2.06. The molecule has 4 rings (SSSR count). The van der Waals surface area contributed by atoms with Crippen molar-refractivity contribution in [3.05, 3.63) is 76.8 Å². The van der Waals surface area contributed by atoms with Gasteiger partial charge in [-0.1, -0.05) is 35.9 Å². The van der Waals surface area contributed by atoms with Crippen molar-refractivity contribution in [3.8, 4) is 11.1 Å². The van der Waals surface area contributed by atoms with Crippen LogP contribution in [0.25, 0.3) is 11.1 Å². The van der Waals surface area contributed by atoms with Gasteiger partial charge in [0.25, 0.3) is 0 Å².